The number of fused-ring (bicyclic) bond motifs is 1. The molecule has 44 heavy (non-hydrogen) atoms. The minimum atomic E-state index is -1.02. The molecule has 12 nitrogen and oxygen atoms in total. The molecule has 2 unspecified atom stereocenters. The van der Waals surface area contributed by atoms with Crippen molar-refractivity contribution in [2.45, 2.75) is 31.8 Å². The Balaban J connectivity index is 1.37. The molecular formula is C32H33N5O7. The van der Waals surface area contributed by atoms with Crippen molar-refractivity contribution >= 4 is 40.4 Å². The van der Waals surface area contributed by atoms with Crippen LogP contribution in [-0.4, -0.2) is 89.5 Å². The highest BCUT2D eigenvalue weighted by Gasteiger charge is 2.38. The van der Waals surface area contributed by atoms with Crippen LogP contribution >= 0.6 is 0 Å². The molecule has 2 N–H and O–H groups in total. The molecule has 4 amide bonds. The van der Waals surface area contributed by atoms with Crippen molar-refractivity contribution in [1.82, 2.24) is 25.6 Å². The smallest absolute Gasteiger partial charge is 0.331 e. The lowest BCUT2D eigenvalue weighted by Gasteiger charge is -2.30. The lowest BCUT2D eigenvalue weighted by Crippen LogP contribution is -2.53. The molecular weight excluding hydrogens is 566 g/mol. The van der Waals surface area contributed by atoms with Gasteiger partial charge in [-0.3, -0.25) is 29.0 Å². The molecule has 0 aliphatic carbocycles. The lowest BCUT2D eigenvalue weighted by atomic mass is 10.1. The van der Waals surface area contributed by atoms with Crippen molar-refractivity contribution in [3.8, 4) is 0 Å². The second-order valence-corrected chi connectivity index (χ2v) is 10.4. The van der Waals surface area contributed by atoms with E-state index in [1.165, 1.54) is 11.1 Å². The Labute approximate surface area is 254 Å². The maximum atomic E-state index is 13.8. The lowest BCUT2D eigenvalue weighted by molar-refractivity contribution is -0.202. The largest absolute Gasteiger partial charge is 0.464 e. The van der Waals surface area contributed by atoms with Gasteiger partial charge in [-0.05, 0) is 42.5 Å². The number of pyridine rings is 1. The summed E-state index contributed by atoms with van der Waals surface area (Å²) in [6.07, 6.45) is 3.71. The van der Waals surface area contributed by atoms with Gasteiger partial charge in [0, 0.05) is 36.7 Å². The predicted molar refractivity (Wildman–Crippen MR) is 159 cm³/mol. The van der Waals surface area contributed by atoms with Crippen LogP contribution in [0.3, 0.4) is 0 Å². The van der Waals surface area contributed by atoms with E-state index in [-0.39, 0.29) is 50.7 Å². The molecule has 12 heteroatoms. The van der Waals surface area contributed by atoms with Crippen LogP contribution in [-0.2, 0) is 24.0 Å². The molecule has 2 atom stereocenters. The molecule has 2 aliphatic heterocycles. The Bertz CT molecular complexity index is 1590. The van der Waals surface area contributed by atoms with E-state index in [0.29, 0.717) is 16.5 Å². The van der Waals surface area contributed by atoms with Gasteiger partial charge in [0.1, 0.15) is 18.3 Å². The highest BCUT2D eigenvalue weighted by Crippen LogP contribution is 2.20. The van der Waals surface area contributed by atoms with Gasteiger partial charge >= 0.3 is 5.97 Å². The average Bonchev–Trinajstić information content (AvgIpc) is 3.41. The van der Waals surface area contributed by atoms with Crippen molar-refractivity contribution in [2.24, 2.45) is 0 Å². The minimum Gasteiger partial charge on any atom is -0.464 e. The number of carbonyl (C=O) groups excluding carboxylic acids is 5. The van der Waals surface area contributed by atoms with Gasteiger partial charge in [-0.1, -0.05) is 48.5 Å². The standard InChI is InChI=1S/C32H33N5O7/c1-2-44-37(26-15-17-43-32(26)42)27(38)20-36-19-21(18-34-29(39)23-9-4-3-5-10-23)12-13-25(31(36)41)35-30(40)28-24-11-7-6-8-22(24)14-16-33-28/h3-12,14,16,25-26H,2,13,15,17-20H2,1H3,(H,34,39)(H,35,40). The summed E-state index contributed by atoms with van der Waals surface area (Å²) < 4.78 is 5.02. The van der Waals surface area contributed by atoms with Crippen molar-refractivity contribution < 1.29 is 33.5 Å². The molecule has 228 valence electrons. The zero-order chi connectivity index (χ0) is 31.1. The quantitative estimate of drug-likeness (QED) is 0.204. The molecule has 0 spiro atoms. The van der Waals surface area contributed by atoms with Crippen LogP contribution in [0.15, 0.2) is 78.5 Å². The summed E-state index contributed by atoms with van der Waals surface area (Å²) in [6, 6.07) is 15.9. The first kappa shape index (κ1) is 30.4. The first-order chi connectivity index (χ1) is 21.4. The summed E-state index contributed by atoms with van der Waals surface area (Å²) in [5.41, 5.74) is 1.32. The van der Waals surface area contributed by atoms with E-state index in [0.717, 1.165) is 10.4 Å². The number of cyclic esters (lactones) is 1. The number of benzene rings is 2. The summed E-state index contributed by atoms with van der Waals surface area (Å²) in [7, 11) is 0. The molecule has 0 bridgehead atoms. The maximum Gasteiger partial charge on any atom is 0.331 e. The summed E-state index contributed by atoms with van der Waals surface area (Å²) in [5.74, 6) is -2.52. The summed E-state index contributed by atoms with van der Waals surface area (Å²) in [6.45, 7) is 1.66. The molecule has 3 aromatic rings. The molecule has 1 saturated heterocycles. The maximum absolute atomic E-state index is 13.8. The number of nitrogens with zero attached hydrogens (tertiary/aromatic N) is 3. The van der Waals surface area contributed by atoms with E-state index < -0.39 is 42.3 Å². The number of rotatable bonds is 10. The van der Waals surface area contributed by atoms with Gasteiger partial charge in [-0.25, -0.2) is 9.86 Å². The van der Waals surface area contributed by atoms with Crippen LogP contribution in [0, 0.1) is 0 Å². The van der Waals surface area contributed by atoms with Crippen LogP contribution in [0.5, 0.6) is 0 Å². The van der Waals surface area contributed by atoms with E-state index in [1.807, 2.05) is 18.2 Å². The predicted octanol–water partition coefficient (Wildman–Crippen LogP) is 2.02. The van der Waals surface area contributed by atoms with E-state index >= 15 is 0 Å². The van der Waals surface area contributed by atoms with Gasteiger partial charge in [-0.2, -0.15) is 0 Å². The Hall–Kier alpha value is -5.10. The Kier molecular flexibility index (Phi) is 9.60. The van der Waals surface area contributed by atoms with Crippen molar-refractivity contribution in [2.75, 3.05) is 32.8 Å². The number of aromatic nitrogens is 1. The number of carbonyl (C=O) groups is 5. The number of esters is 1. The van der Waals surface area contributed by atoms with Crippen LogP contribution in [0.25, 0.3) is 10.8 Å². The number of hydrogen-bond acceptors (Lipinski definition) is 8. The summed E-state index contributed by atoms with van der Waals surface area (Å²) >= 11 is 0. The van der Waals surface area contributed by atoms with Gasteiger partial charge in [-0.15, -0.1) is 0 Å². The Morgan fingerprint density at radius 1 is 1.05 bits per heavy atom. The molecule has 1 fully saturated rings. The third kappa shape index (κ3) is 6.92. The topological polar surface area (TPSA) is 147 Å². The molecule has 1 aromatic heterocycles. The van der Waals surface area contributed by atoms with Crippen LogP contribution < -0.4 is 10.6 Å². The Morgan fingerprint density at radius 3 is 2.57 bits per heavy atom. The molecule has 3 heterocycles. The van der Waals surface area contributed by atoms with Crippen molar-refractivity contribution in [3.63, 3.8) is 0 Å². The highest BCUT2D eigenvalue weighted by molar-refractivity contribution is 6.06. The number of hydrogen-bond donors (Lipinski definition) is 2. The Morgan fingerprint density at radius 2 is 1.82 bits per heavy atom. The fourth-order valence-electron chi connectivity index (χ4n) is 5.19. The molecule has 0 radical (unpaired) electrons. The monoisotopic (exact) mass is 599 g/mol. The van der Waals surface area contributed by atoms with Gasteiger partial charge in [0.25, 0.3) is 17.7 Å². The van der Waals surface area contributed by atoms with E-state index in [2.05, 4.69) is 15.6 Å². The third-order valence-electron chi connectivity index (χ3n) is 7.38. The van der Waals surface area contributed by atoms with Crippen molar-refractivity contribution in [3.05, 3.63) is 89.8 Å². The summed E-state index contributed by atoms with van der Waals surface area (Å²) in [4.78, 5) is 76.7. The number of nitrogens with one attached hydrogen (secondary N) is 2. The third-order valence-corrected chi connectivity index (χ3v) is 7.38. The van der Waals surface area contributed by atoms with Gasteiger partial charge in [0.05, 0.1) is 13.2 Å². The van der Waals surface area contributed by atoms with E-state index in [4.69, 9.17) is 9.57 Å². The zero-order valence-corrected chi connectivity index (χ0v) is 24.2. The number of amides is 4. The number of ether oxygens (including phenoxy) is 1. The average molecular weight is 600 g/mol. The van der Waals surface area contributed by atoms with Crippen LogP contribution in [0.1, 0.15) is 40.6 Å². The van der Waals surface area contributed by atoms with Crippen LogP contribution in [0.2, 0.25) is 0 Å². The van der Waals surface area contributed by atoms with Gasteiger partial charge in [0.15, 0.2) is 6.04 Å². The SMILES string of the molecule is CCON(C(=O)CN1CC(CNC(=O)c2ccccc2)=CCC(NC(=O)c2nccc3ccccc23)C1=O)C1CCOC1=O. The van der Waals surface area contributed by atoms with Crippen molar-refractivity contribution in [1.29, 1.82) is 0 Å². The number of hydroxylamine groups is 2. The van der Waals surface area contributed by atoms with Crippen LogP contribution in [0.4, 0.5) is 0 Å². The summed E-state index contributed by atoms with van der Waals surface area (Å²) in [5, 5.41) is 8.08. The second kappa shape index (κ2) is 13.9. The molecule has 2 aromatic carbocycles. The minimum absolute atomic E-state index is 0.00755. The molecule has 2 aliphatic rings. The van der Waals surface area contributed by atoms with E-state index in [9.17, 15) is 24.0 Å². The zero-order valence-electron chi connectivity index (χ0n) is 24.2. The molecule has 0 saturated carbocycles. The first-order valence-corrected chi connectivity index (χ1v) is 14.4. The first-order valence-electron chi connectivity index (χ1n) is 14.4. The fourth-order valence-corrected chi connectivity index (χ4v) is 5.19. The van der Waals surface area contributed by atoms with Gasteiger partial charge < -0.3 is 20.3 Å². The second-order valence-electron chi connectivity index (χ2n) is 10.4. The van der Waals surface area contributed by atoms with E-state index in [1.54, 1.807) is 55.5 Å². The fraction of sp³-hybridized carbons (Fsp3) is 0.312. The highest BCUT2D eigenvalue weighted by atomic mass is 16.7. The normalized spacial score (nSPS) is 18.3. The van der Waals surface area contributed by atoms with Gasteiger partial charge in [0.2, 0.25) is 5.91 Å². The molecule has 5 rings (SSSR count).